The summed E-state index contributed by atoms with van der Waals surface area (Å²) in [4.78, 5) is 3.26. The van der Waals surface area contributed by atoms with E-state index in [1.54, 1.807) is 7.11 Å². The average Bonchev–Trinajstić information content (AvgIpc) is 2.75. The fourth-order valence-corrected chi connectivity index (χ4v) is 2.62. The van der Waals surface area contributed by atoms with Gasteiger partial charge in [-0.3, -0.25) is 0 Å². The molecule has 3 aromatic rings. The van der Waals surface area contributed by atoms with Gasteiger partial charge in [-0.1, -0.05) is 18.2 Å². The van der Waals surface area contributed by atoms with E-state index in [0.29, 0.717) is 0 Å². The van der Waals surface area contributed by atoms with Crippen LogP contribution in [0, 0.1) is 11.7 Å². The lowest BCUT2D eigenvalue weighted by molar-refractivity contribution is 0.414. The highest BCUT2D eigenvalue weighted by Crippen LogP contribution is 2.18. The second-order valence-electron chi connectivity index (χ2n) is 4.88. The Labute approximate surface area is 122 Å². The van der Waals surface area contributed by atoms with Crippen molar-refractivity contribution in [2.45, 2.75) is 13.5 Å². The second-order valence-corrected chi connectivity index (χ2v) is 5.27. The van der Waals surface area contributed by atoms with Crippen molar-refractivity contribution in [2.75, 3.05) is 7.11 Å². The monoisotopic (exact) mass is 284 g/mol. The number of aromatic nitrogens is 2. The van der Waals surface area contributed by atoms with Crippen LogP contribution in [0.4, 0.5) is 0 Å². The van der Waals surface area contributed by atoms with Crippen LogP contribution in [-0.4, -0.2) is 16.7 Å². The van der Waals surface area contributed by atoms with Gasteiger partial charge in [-0.05, 0) is 54.5 Å². The molecular formula is C16H16N2OS. The van der Waals surface area contributed by atoms with E-state index in [9.17, 15) is 0 Å². The van der Waals surface area contributed by atoms with E-state index in [1.807, 2.05) is 12.1 Å². The van der Waals surface area contributed by atoms with Crippen molar-refractivity contribution in [3.63, 3.8) is 0 Å². The molecule has 0 bridgehead atoms. The van der Waals surface area contributed by atoms with Gasteiger partial charge in [0.1, 0.15) is 5.75 Å². The fraction of sp³-hybridized carbons (Fsp3) is 0.188. The third-order valence-electron chi connectivity index (χ3n) is 3.43. The fourth-order valence-electron chi connectivity index (χ4n) is 2.35. The van der Waals surface area contributed by atoms with Gasteiger partial charge >= 0.3 is 0 Å². The normalized spacial score (nSPS) is 10.9. The quantitative estimate of drug-likeness (QED) is 0.735. The molecule has 0 fully saturated rings. The first-order chi connectivity index (χ1) is 9.67. The molecule has 0 aliphatic carbocycles. The summed E-state index contributed by atoms with van der Waals surface area (Å²) in [7, 11) is 1.67. The molecule has 0 aliphatic rings. The second kappa shape index (κ2) is 5.13. The largest absolute Gasteiger partial charge is 0.497 e. The molecule has 20 heavy (non-hydrogen) atoms. The van der Waals surface area contributed by atoms with E-state index in [0.717, 1.165) is 28.1 Å². The molecule has 102 valence electrons. The van der Waals surface area contributed by atoms with Gasteiger partial charge < -0.3 is 14.3 Å². The molecule has 2 aromatic carbocycles. The summed E-state index contributed by atoms with van der Waals surface area (Å²) in [6.45, 7) is 2.84. The van der Waals surface area contributed by atoms with Gasteiger partial charge in [0.15, 0.2) is 4.77 Å². The van der Waals surface area contributed by atoms with Crippen molar-refractivity contribution in [3.8, 4) is 5.75 Å². The van der Waals surface area contributed by atoms with Crippen LogP contribution in [0.5, 0.6) is 5.75 Å². The first kappa shape index (κ1) is 12.9. The molecule has 0 aliphatic heterocycles. The molecule has 0 saturated heterocycles. The van der Waals surface area contributed by atoms with Gasteiger partial charge in [-0.15, -0.1) is 0 Å². The lowest BCUT2D eigenvalue weighted by Gasteiger charge is -2.06. The van der Waals surface area contributed by atoms with Crippen LogP contribution >= 0.6 is 12.2 Å². The minimum atomic E-state index is 0.751. The summed E-state index contributed by atoms with van der Waals surface area (Å²) in [5.74, 6) is 0.867. The Balaban J connectivity index is 2.01. The number of rotatable bonds is 3. The summed E-state index contributed by atoms with van der Waals surface area (Å²) in [5.41, 5.74) is 4.65. The van der Waals surface area contributed by atoms with Crippen molar-refractivity contribution < 1.29 is 4.74 Å². The number of hydrogen-bond acceptors (Lipinski definition) is 2. The zero-order valence-electron chi connectivity index (χ0n) is 11.5. The number of benzene rings is 2. The number of aryl methyl sites for hydroxylation is 1. The minimum absolute atomic E-state index is 0.751. The van der Waals surface area contributed by atoms with Crippen LogP contribution in [0.1, 0.15) is 11.1 Å². The topological polar surface area (TPSA) is 29.9 Å². The number of nitrogens with zero attached hydrogens (tertiary/aromatic N) is 1. The van der Waals surface area contributed by atoms with Crippen molar-refractivity contribution in [1.29, 1.82) is 0 Å². The minimum Gasteiger partial charge on any atom is -0.497 e. The van der Waals surface area contributed by atoms with Crippen LogP contribution in [0.15, 0.2) is 42.5 Å². The number of aromatic amines is 1. The Hall–Kier alpha value is -2.07. The van der Waals surface area contributed by atoms with E-state index >= 15 is 0 Å². The maximum absolute atomic E-state index is 5.43. The molecule has 0 radical (unpaired) electrons. The van der Waals surface area contributed by atoms with Crippen LogP contribution in [0.25, 0.3) is 11.0 Å². The van der Waals surface area contributed by atoms with Crippen molar-refractivity contribution in [1.82, 2.24) is 9.55 Å². The molecule has 0 spiro atoms. The van der Waals surface area contributed by atoms with Crippen LogP contribution in [0.2, 0.25) is 0 Å². The molecular weight excluding hydrogens is 268 g/mol. The number of nitrogens with one attached hydrogen (secondary N) is 1. The average molecular weight is 284 g/mol. The van der Waals surface area contributed by atoms with Gasteiger partial charge in [-0.25, -0.2) is 0 Å². The molecule has 3 nitrogen and oxygen atoms in total. The van der Waals surface area contributed by atoms with Gasteiger partial charge in [0.25, 0.3) is 0 Å². The number of imidazole rings is 1. The molecule has 1 N–H and O–H groups in total. The van der Waals surface area contributed by atoms with Crippen molar-refractivity contribution in [3.05, 3.63) is 58.4 Å². The third kappa shape index (κ3) is 2.34. The summed E-state index contributed by atoms with van der Waals surface area (Å²) in [6, 6.07) is 14.4. The van der Waals surface area contributed by atoms with E-state index in [-0.39, 0.29) is 0 Å². The standard InChI is InChI=1S/C16H16N2OS/c1-11-3-8-15-14(9-11)17-16(20)18(15)10-12-4-6-13(19-2)7-5-12/h3-9H,10H2,1-2H3,(H,17,20). The maximum Gasteiger partial charge on any atom is 0.178 e. The Morgan fingerprint density at radius 1 is 1.15 bits per heavy atom. The first-order valence-electron chi connectivity index (χ1n) is 6.49. The summed E-state index contributed by atoms with van der Waals surface area (Å²) in [5, 5.41) is 0. The predicted octanol–water partition coefficient (Wildman–Crippen LogP) is 4.06. The van der Waals surface area contributed by atoms with Gasteiger partial charge in [0.2, 0.25) is 0 Å². The highest BCUT2D eigenvalue weighted by molar-refractivity contribution is 7.71. The van der Waals surface area contributed by atoms with Crippen molar-refractivity contribution in [2.24, 2.45) is 0 Å². The zero-order valence-corrected chi connectivity index (χ0v) is 12.3. The molecule has 4 heteroatoms. The molecule has 1 aromatic heterocycles. The summed E-state index contributed by atoms with van der Waals surface area (Å²) >= 11 is 5.43. The van der Waals surface area contributed by atoms with E-state index in [1.165, 1.54) is 11.1 Å². The summed E-state index contributed by atoms with van der Waals surface area (Å²) in [6.07, 6.45) is 0. The number of ether oxygens (including phenoxy) is 1. The predicted molar refractivity (Wildman–Crippen MR) is 84.0 cm³/mol. The van der Waals surface area contributed by atoms with Gasteiger partial charge in [0, 0.05) is 0 Å². The highest BCUT2D eigenvalue weighted by Gasteiger charge is 2.05. The lowest BCUT2D eigenvalue weighted by Crippen LogP contribution is -1.99. The van der Waals surface area contributed by atoms with Gasteiger partial charge in [0.05, 0.1) is 24.7 Å². The number of H-pyrrole nitrogens is 1. The molecule has 0 amide bonds. The van der Waals surface area contributed by atoms with E-state index in [4.69, 9.17) is 17.0 Å². The maximum atomic E-state index is 5.43. The number of hydrogen-bond donors (Lipinski definition) is 1. The highest BCUT2D eigenvalue weighted by atomic mass is 32.1. The van der Waals surface area contributed by atoms with Crippen LogP contribution in [0.3, 0.4) is 0 Å². The number of methoxy groups -OCH3 is 1. The summed E-state index contributed by atoms with van der Waals surface area (Å²) < 4.78 is 8.05. The van der Waals surface area contributed by atoms with Crippen LogP contribution in [-0.2, 0) is 6.54 Å². The Bertz CT molecular complexity index is 799. The molecule has 0 saturated carbocycles. The molecule has 0 atom stereocenters. The molecule has 3 rings (SSSR count). The lowest BCUT2D eigenvalue weighted by atomic mass is 10.2. The molecule has 0 unspecified atom stereocenters. The first-order valence-corrected chi connectivity index (χ1v) is 6.90. The third-order valence-corrected chi connectivity index (χ3v) is 3.75. The van der Waals surface area contributed by atoms with Crippen LogP contribution < -0.4 is 4.74 Å². The SMILES string of the molecule is COc1ccc(Cn2c(=S)[nH]c3cc(C)ccc32)cc1. The molecule has 1 heterocycles. The number of fused-ring (bicyclic) bond motifs is 1. The van der Waals surface area contributed by atoms with Crippen molar-refractivity contribution >= 4 is 23.3 Å². The smallest absolute Gasteiger partial charge is 0.178 e. The zero-order chi connectivity index (χ0) is 14.1. The Morgan fingerprint density at radius 3 is 2.60 bits per heavy atom. The Kier molecular flexibility index (Phi) is 3.32. The Morgan fingerprint density at radius 2 is 1.90 bits per heavy atom. The van der Waals surface area contributed by atoms with E-state index < -0.39 is 0 Å². The van der Waals surface area contributed by atoms with E-state index in [2.05, 4.69) is 46.8 Å². The van der Waals surface area contributed by atoms with Gasteiger partial charge in [-0.2, -0.15) is 0 Å².